The average Bonchev–Trinajstić information content (AvgIpc) is 2.59. The Morgan fingerprint density at radius 1 is 0.846 bits per heavy atom. The summed E-state index contributed by atoms with van der Waals surface area (Å²) in [6.07, 6.45) is -0.259. The van der Waals surface area contributed by atoms with Gasteiger partial charge in [0.2, 0.25) is 0 Å². The zero-order valence-corrected chi connectivity index (χ0v) is 15.0. The summed E-state index contributed by atoms with van der Waals surface area (Å²) in [4.78, 5) is 36.0. The number of carbonyl (C=O) groups is 3. The summed E-state index contributed by atoms with van der Waals surface area (Å²) in [6, 6.07) is 0. The van der Waals surface area contributed by atoms with Gasteiger partial charge in [-0.2, -0.15) is 0 Å². The van der Waals surface area contributed by atoms with E-state index in [1.807, 2.05) is 0 Å². The van der Waals surface area contributed by atoms with E-state index >= 15 is 0 Å². The highest BCUT2D eigenvalue weighted by atomic mass is 16.6. The van der Waals surface area contributed by atoms with Gasteiger partial charge < -0.3 is 23.7 Å². The molecule has 0 saturated carbocycles. The maximum atomic E-state index is 11.4. The van der Waals surface area contributed by atoms with Gasteiger partial charge in [-0.1, -0.05) is 5.11 Å². The lowest BCUT2D eigenvalue weighted by molar-refractivity contribution is -0.153. The van der Waals surface area contributed by atoms with Crippen molar-refractivity contribution in [3.63, 3.8) is 0 Å². The Labute approximate surface area is 151 Å². The van der Waals surface area contributed by atoms with Crippen LogP contribution < -0.4 is 0 Å². The minimum atomic E-state index is -0.623. The number of hydrogen-bond donors (Lipinski definition) is 0. The Bertz CT molecular complexity index is 478. The molecule has 11 heteroatoms. The van der Waals surface area contributed by atoms with Crippen molar-refractivity contribution in [2.75, 3.05) is 46.2 Å². The molecular weight excluding hydrogens is 350 g/mol. The molecule has 0 atom stereocenters. The first kappa shape index (κ1) is 23.6. The predicted molar refractivity (Wildman–Crippen MR) is 88.0 cm³/mol. The lowest BCUT2D eigenvalue weighted by Crippen LogP contribution is -2.16. The Balaban J connectivity index is 3.37. The second-order valence-corrected chi connectivity index (χ2v) is 5.09. The molecule has 26 heavy (non-hydrogen) atoms. The van der Waals surface area contributed by atoms with Crippen LogP contribution in [0.5, 0.6) is 0 Å². The van der Waals surface area contributed by atoms with Crippen molar-refractivity contribution in [2.24, 2.45) is 5.11 Å². The van der Waals surface area contributed by atoms with Crippen molar-refractivity contribution < 1.29 is 38.1 Å². The molecule has 0 amide bonds. The summed E-state index contributed by atoms with van der Waals surface area (Å²) in [7, 11) is 0. The summed E-state index contributed by atoms with van der Waals surface area (Å²) < 4.78 is 24.8. The van der Waals surface area contributed by atoms with Gasteiger partial charge in [-0.25, -0.2) is 0 Å². The third kappa shape index (κ3) is 16.5. The molecule has 0 heterocycles. The molecule has 0 aliphatic rings. The summed E-state index contributed by atoms with van der Waals surface area (Å²) in [5, 5.41) is 3.06. The van der Waals surface area contributed by atoms with Gasteiger partial charge in [0.15, 0.2) is 0 Å². The fourth-order valence-electron chi connectivity index (χ4n) is 1.48. The first-order chi connectivity index (χ1) is 12.5. The Morgan fingerprint density at radius 3 is 1.88 bits per heavy atom. The molecule has 0 spiro atoms. The van der Waals surface area contributed by atoms with Gasteiger partial charge >= 0.3 is 17.9 Å². The number of carbonyl (C=O) groups excluding carboxylic acids is 3. The van der Waals surface area contributed by atoms with Crippen LogP contribution in [-0.2, 0) is 38.1 Å². The number of nitrogens with zero attached hydrogens (tertiary/aromatic N) is 3. The zero-order chi connectivity index (χ0) is 19.6. The highest BCUT2D eigenvalue weighted by Crippen LogP contribution is 1.99. The number of azide groups is 1. The van der Waals surface area contributed by atoms with Crippen molar-refractivity contribution in [1.82, 2.24) is 0 Å². The topological polar surface area (TPSA) is 146 Å². The Kier molecular flexibility index (Phi) is 14.7. The molecular formula is C15H25N3O8. The van der Waals surface area contributed by atoms with Crippen molar-refractivity contribution in [2.45, 2.75) is 32.8 Å². The van der Waals surface area contributed by atoms with E-state index in [-0.39, 0.29) is 65.1 Å². The van der Waals surface area contributed by atoms with Crippen LogP contribution in [0.4, 0.5) is 0 Å². The average molecular weight is 375 g/mol. The molecule has 0 unspecified atom stereocenters. The van der Waals surface area contributed by atoms with Gasteiger partial charge in [0.1, 0.15) is 19.8 Å². The van der Waals surface area contributed by atoms with Gasteiger partial charge in [0.25, 0.3) is 0 Å². The highest BCUT2D eigenvalue weighted by Gasteiger charge is 2.10. The molecule has 0 aliphatic heterocycles. The summed E-state index contributed by atoms with van der Waals surface area (Å²) in [6.45, 7) is 4.20. The maximum Gasteiger partial charge on any atom is 0.311 e. The van der Waals surface area contributed by atoms with Gasteiger partial charge in [-0.15, -0.1) is 0 Å². The van der Waals surface area contributed by atoms with Crippen LogP contribution in [0.15, 0.2) is 5.11 Å². The normalized spacial score (nSPS) is 10.1. The smallest absolute Gasteiger partial charge is 0.311 e. The number of hydrogen-bond acceptors (Lipinski definition) is 9. The molecule has 0 radical (unpaired) electrons. The third-order valence-electron chi connectivity index (χ3n) is 2.52. The molecule has 11 nitrogen and oxygen atoms in total. The molecule has 0 aromatic heterocycles. The standard InChI is InChI=1S/C15H25N3O8/c1-12(2)26-14(20)4-3-13(19)24-9-7-22-5-6-23-8-10-25-15(21)11-17-18-16/h12H,3-11H2,1-2H3. The van der Waals surface area contributed by atoms with E-state index < -0.39 is 17.9 Å². The van der Waals surface area contributed by atoms with Crippen LogP contribution in [0.3, 0.4) is 0 Å². The minimum absolute atomic E-state index is 0.0147. The van der Waals surface area contributed by atoms with E-state index in [2.05, 4.69) is 10.0 Å². The van der Waals surface area contributed by atoms with E-state index in [9.17, 15) is 14.4 Å². The van der Waals surface area contributed by atoms with E-state index in [1.165, 1.54) is 0 Å². The fourth-order valence-corrected chi connectivity index (χ4v) is 1.48. The summed E-state index contributed by atoms with van der Waals surface area (Å²) >= 11 is 0. The largest absolute Gasteiger partial charge is 0.463 e. The van der Waals surface area contributed by atoms with Crippen LogP contribution in [0, 0.1) is 0 Å². The molecule has 0 saturated heterocycles. The third-order valence-corrected chi connectivity index (χ3v) is 2.52. The lowest BCUT2D eigenvalue weighted by atomic mass is 10.3. The van der Waals surface area contributed by atoms with Crippen molar-refractivity contribution in [3.8, 4) is 0 Å². The summed E-state index contributed by atoms with van der Waals surface area (Å²) in [5.74, 6) is -1.55. The van der Waals surface area contributed by atoms with Crippen molar-refractivity contribution in [3.05, 3.63) is 10.4 Å². The van der Waals surface area contributed by atoms with E-state index in [4.69, 9.17) is 29.2 Å². The second-order valence-electron chi connectivity index (χ2n) is 5.09. The van der Waals surface area contributed by atoms with E-state index in [1.54, 1.807) is 13.8 Å². The molecule has 148 valence electrons. The molecule has 0 aliphatic carbocycles. The predicted octanol–water partition coefficient (Wildman–Crippen LogP) is 1.15. The van der Waals surface area contributed by atoms with Crippen LogP contribution in [-0.4, -0.2) is 70.2 Å². The van der Waals surface area contributed by atoms with Crippen LogP contribution in [0.25, 0.3) is 10.4 Å². The highest BCUT2D eigenvalue weighted by molar-refractivity contribution is 5.77. The van der Waals surface area contributed by atoms with Gasteiger partial charge in [-0.05, 0) is 19.4 Å². The SMILES string of the molecule is CC(C)OC(=O)CCC(=O)OCCOCCOCCOC(=O)CN=[N+]=[N-]. The van der Waals surface area contributed by atoms with Gasteiger partial charge in [0.05, 0.1) is 45.4 Å². The Hall–Kier alpha value is -2.36. The second kappa shape index (κ2) is 16.1. The first-order valence-corrected chi connectivity index (χ1v) is 8.12. The molecule has 0 N–H and O–H groups in total. The van der Waals surface area contributed by atoms with Crippen LogP contribution >= 0.6 is 0 Å². The fraction of sp³-hybridized carbons (Fsp3) is 0.800. The van der Waals surface area contributed by atoms with Crippen molar-refractivity contribution >= 4 is 17.9 Å². The van der Waals surface area contributed by atoms with Gasteiger partial charge in [-0.3, -0.25) is 14.4 Å². The Morgan fingerprint density at radius 2 is 1.35 bits per heavy atom. The quantitative estimate of drug-likeness (QED) is 0.103. The molecule has 0 bridgehead atoms. The molecule has 0 fully saturated rings. The first-order valence-electron chi connectivity index (χ1n) is 8.12. The van der Waals surface area contributed by atoms with Crippen molar-refractivity contribution in [1.29, 1.82) is 0 Å². The molecule has 0 aromatic rings. The molecule has 0 rings (SSSR count). The minimum Gasteiger partial charge on any atom is -0.463 e. The molecule has 0 aromatic carbocycles. The summed E-state index contributed by atoms with van der Waals surface area (Å²) in [5.41, 5.74) is 8.02. The maximum absolute atomic E-state index is 11.4. The van der Waals surface area contributed by atoms with E-state index in [0.717, 1.165) is 0 Å². The lowest BCUT2D eigenvalue weighted by Gasteiger charge is -2.08. The van der Waals surface area contributed by atoms with E-state index in [0.29, 0.717) is 0 Å². The van der Waals surface area contributed by atoms with Crippen LogP contribution in [0.1, 0.15) is 26.7 Å². The monoisotopic (exact) mass is 375 g/mol. The van der Waals surface area contributed by atoms with Crippen LogP contribution in [0.2, 0.25) is 0 Å². The number of esters is 3. The number of ether oxygens (including phenoxy) is 5. The zero-order valence-electron chi connectivity index (χ0n) is 15.0. The van der Waals surface area contributed by atoms with Gasteiger partial charge in [0, 0.05) is 4.91 Å². The number of rotatable bonds is 15.